The Hall–Kier alpha value is -3.02. The van der Waals surface area contributed by atoms with Crippen LogP contribution in [0.25, 0.3) is 0 Å². The molecule has 5 nitrogen and oxygen atoms in total. The van der Waals surface area contributed by atoms with Gasteiger partial charge in [-0.3, -0.25) is 0 Å². The molecule has 0 bridgehead atoms. The van der Waals surface area contributed by atoms with Gasteiger partial charge >= 0.3 is 0 Å². The number of hydrogen-bond acceptors (Lipinski definition) is 5. The van der Waals surface area contributed by atoms with Gasteiger partial charge in [-0.2, -0.15) is 0 Å². The number of halogens is 1. The van der Waals surface area contributed by atoms with Crippen LogP contribution in [0.15, 0.2) is 61.1 Å². The highest BCUT2D eigenvalue weighted by atomic mass is 19.1. The molecule has 0 fully saturated rings. The van der Waals surface area contributed by atoms with E-state index in [0.717, 1.165) is 5.56 Å². The Bertz CT molecular complexity index is 735. The largest absolute Gasteiger partial charge is 0.439 e. The number of aromatic nitrogens is 3. The van der Waals surface area contributed by atoms with Gasteiger partial charge in [0, 0.05) is 31.2 Å². The summed E-state index contributed by atoms with van der Waals surface area (Å²) in [6.07, 6.45) is 5.00. The molecule has 0 aliphatic heterocycles. The van der Waals surface area contributed by atoms with Crippen LogP contribution >= 0.6 is 0 Å². The van der Waals surface area contributed by atoms with E-state index in [1.54, 1.807) is 42.9 Å². The Morgan fingerprint density at radius 2 is 1.73 bits per heavy atom. The first-order valence-corrected chi connectivity index (χ1v) is 6.69. The first-order valence-electron chi connectivity index (χ1n) is 6.69. The van der Waals surface area contributed by atoms with E-state index in [4.69, 9.17) is 4.74 Å². The van der Waals surface area contributed by atoms with Crippen LogP contribution in [-0.2, 0) is 6.54 Å². The Morgan fingerprint density at radius 3 is 2.50 bits per heavy atom. The van der Waals surface area contributed by atoms with E-state index in [-0.39, 0.29) is 5.82 Å². The number of ether oxygens (including phenoxy) is 1. The number of pyridine rings is 1. The molecule has 3 rings (SSSR count). The van der Waals surface area contributed by atoms with Crippen LogP contribution in [0.3, 0.4) is 0 Å². The molecule has 3 aromatic rings. The molecule has 0 radical (unpaired) electrons. The first kappa shape index (κ1) is 13.9. The van der Waals surface area contributed by atoms with E-state index in [1.807, 2.05) is 6.07 Å². The summed E-state index contributed by atoms with van der Waals surface area (Å²) in [7, 11) is 0. The Labute approximate surface area is 126 Å². The van der Waals surface area contributed by atoms with Crippen LogP contribution < -0.4 is 10.1 Å². The highest BCUT2D eigenvalue weighted by Crippen LogP contribution is 2.20. The third kappa shape index (κ3) is 3.76. The summed E-state index contributed by atoms with van der Waals surface area (Å²) in [4.78, 5) is 12.3. The van der Waals surface area contributed by atoms with E-state index in [0.29, 0.717) is 24.1 Å². The Morgan fingerprint density at radius 1 is 0.955 bits per heavy atom. The lowest BCUT2D eigenvalue weighted by Crippen LogP contribution is -2.03. The van der Waals surface area contributed by atoms with Crippen molar-refractivity contribution in [2.24, 2.45) is 0 Å². The number of nitrogens with one attached hydrogen (secondary N) is 1. The summed E-state index contributed by atoms with van der Waals surface area (Å²) < 4.78 is 18.4. The number of benzene rings is 1. The third-order valence-corrected chi connectivity index (χ3v) is 2.85. The third-order valence-electron chi connectivity index (χ3n) is 2.85. The average molecular weight is 296 g/mol. The van der Waals surface area contributed by atoms with Crippen LogP contribution in [-0.4, -0.2) is 15.0 Å². The molecule has 1 aromatic carbocycles. The molecule has 22 heavy (non-hydrogen) atoms. The fourth-order valence-electron chi connectivity index (χ4n) is 1.81. The summed E-state index contributed by atoms with van der Waals surface area (Å²) in [5.74, 6) is 1.23. The van der Waals surface area contributed by atoms with Crippen molar-refractivity contribution in [1.82, 2.24) is 15.0 Å². The van der Waals surface area contributed by atoms with E-state index in [9.17, 15) is 4.39 Å². The van der Waals surface area contributed by atoms with Gasteiger partial charge in [-0.15, -0.1) is 0 Å². The second-order valence-corrected chi connectivity index (χ2v) is 4.48. The molecular formula is C16H13FN4O. The minimum absolute atomic E-state index is 0.305. The SMILES string of the molecule is Fc1ccc(Oc2cc(CNc3ncccn3)ccn2)cc1. The topological polar surface area (TPSA) is 59.9 Å². The maximum Gasteiger partial charge on any atom is 0.222 e. The van der Waals surface area contributed by atoms with Gasteiger partial charge in [0.05, 0.1) is 0 Å². The summed E-state index contributed by atoms with van der Waals surface area (Å²) in [6.45, 7) is 0.548. The van der Waals surface area contributed by atoms with Crippen molar-refractivity contribution >= 4 is 5.95 Å². The zero-order valence-electron chi connectivity index (χ0n) is 11.6. The van der Waals surface area contributed by atoms with Crippen LogP contribution in [0.2, 0.25) is 0 Å². The van der Waals surface area contributed by atoms with E-state index < -0.39 is 0 Å². The predicted octanol–water partition coefficient (Wildman–Crippen LogP) is 3.42. The molecule has 110 valence electrons. The number of nitrogens with zero attached hydrogens (tertiary/aromatic N) is 3. The van der Waals surface area contributed by atoms with E-state index in [1.165, 1.54) is 12.1 Å². The molecule has 1 N–H and O–H groups in total. The Kier molecular flexibility index (Phi) is 4.20. The normalized spacial score (nSPS) is 10.2. The highest BCUT2D eigenvalue weighted by molar-refractivity contribution is 5.31. The first-order chi connectivity index (χ1) is 10.8. The monoisotopic (exact) mass is 296 g/mol. The summed E-state index contributed by atoms with van der Waals surface area (Å²) in [5.41, 5.74) is 0.972. The van der Waals surface area contributed by atoms with Gasteiger partial charge < -0.3 is 10.1 Å². The van der Waals surface area contributed by atoms with Gasteiger partial charge in [0.15, 0.2) is 0 Å². The summed E-state index contributed by atoms with van der Waals surface area (Å²) >= 11 is 0. The van der Waals surface area contributed by atoms with Gasteiger partial charge in [0.1, 0.15) is 11.6 Å². The lowest BCUT2D eigenvalue weighted by molar-refractivity contribution is 0.460. The smallest absolute Gasteiger partial charge is 0.222 e. The molecule has 0 saturated heterocycles. The second-order valence-electron chi connectivity index (χ2n) is 4.48. The lowest BCUT2D eigenvalue weighted by Gasteiger charge is -2.07. The van der Waals surface area contributed by atoms with E-state index in [2.05, 4.69) is 20.3 Å². The molecule has 6 heteroatoms. The highest BCUT2D eigenvalue weighted by Gasteiger charge is 2.02. The fourth-order valence-corrected chi connectivity index (χ4v) is 1.81. The number of hydrogen-bond donors (Lipinski definition) is 1. The standard InChI is InChI=1S/C16H13FN4O/c17-13-2-4-14(5-3-13)22-15-10-12(6-9-18-15)11-21-16-19-7-1-8-20-16/h1-10H,11H2,(H,19,20,21). The zero-order chi connectivity index (χ0) is 15.2. The second kappa shape index (κ2) is 6.62. The van der Waals surface area contributed by atoms with Crippen molar-refractivity contribution in [3.63, 3.8) is 0 Å². The summed E-state index contributed by atoms with van der Waals surface area (Å²) in [6, 6.07) is 11.2. The van der Waals surface area contributed by atoms with Crippen molar-refractivity contribution in [3.8, 4) is 11.6 Å². The van der Waals surface area contributed by atoms with Crippen LogP contribution in [0.5, 0.6) is 11.6 Å². The van der Waals surface area contributed by atoms with Gasteiger partial charge in [0.25, 0.3) is 0 Å². The number of rotatable bonds is 5. The van der Waals surface area contributed by atoms with Gasteiger partial charge in [-0.25, -0.2) is 19.3 Å². The molecule has 0 amide bonds. The summed E-state index contributed by atoms with van der Waals surface area (Å²) in [5, 5.41) is 3.10. The molecule has 0 unspecified atom stereocenters. The molecule has 0 spiro atoms. The fraction of sp³-hybridized carbons (Fsp3) is 0.0625. The molecule has 2 heterocycles. The van der Waals surface area contributed by atoms with E-state index >= 15 is 0 Å². The van der Waals surface area contributed by atoms with Gasteiger partial charge in [0.2, 0.25) is 11.8 Å². The van der Waals surface area contributed by atoms with Gasteiger partial charge in [-0.05, 0) is 42.0 Å². The Balaban J connectivity index is 1.66. The maximum atomic E-state index is 12.9. The van der Waals surface area contributed by atoms with Crippen molar-refractivity contribution in [3.05, 3.63) is 72.4 Å². The maximum absolute atomic E-state index is 12.9. The van der Waals surface area contributed by atoms with Crippen molar-refractivity contribution in [2.75, 3.05) is 5.32 Å². The molecule has 0 saturated carbocycles. The van der Waals surface area contributed by atoms with Crippen molar-refractivity contribution in [1.29, 1.82) is 0 Å². The zero-order valence-corrected chi connectivity index (χ0v) is 11.6. The quantitative estimate of drug-likeness (QED) is 0.781. The minimum atomic E-state index is -0.305. The van der Waals surface area contributed by atoms with Crippen LogP contribution in [0.1, 0.15) is 5.56 Å². The van der Waals surface area contributed by atoms with Gasteiger partial charge in [-0.1, -0.05) is 0 Å². The van der Waals surface area contributed by atoms with Crippen LogP contribution in [0.4, 0.5) is 10.3 Å². The minimum Gasteiger partial charge on any atom is -0.439 e. The molecular weight excluding hydrogens is 283 g/mol. The average Bonchev–Trinajstić information content (AvgIpc) is 2.57. The lowest BCUT2D eigenvalue weighted by atomic mass is 10.2. The molecule has 0 aliphatic rings. The number of anilines is 1. The molecule has 0 atom stereocenters. The predicted molar refractivity (Wildman–Crippen MR) is 80.1 cm³/mol. The molecule has 2 aromatic heterocycles. The van der Waals surface area contributed by atoms with Crippen molar-refractivity contribution in [2.45, 2.75) is 6.54 Å². The molecule has 0 aliphatic carbocycles. The van der Waals surface area contributed by atoms with Crippen LogP contribution in [0, 0.1) is 5.82 Å². The van der Waals surface area contributed by atoms with Crippen molar-refractivity contribution < 1.29 is 9.13 Å².